The van der Waals surface area contributed by atoms with Crippen LogP contribution in [0.2, 0.25) is 0 Å². The van der Waals surface area contributed by atoms with E-state index < -0.39 is 5.97 Å². The Bertz CT molecular complexity index is 801. The van der Waals surface area contributed by atoms with Crippen LogP contribution in [0.25, 0.3) is 10.9 Å². The molecule has 0 unspecified atom stereocenters. The Morgan fingerprint density at radius 2 is 2.15 bits per heavy atom. The molecule has 1 N–H and O–H groups in total. The van der Waals surface area contributed by atoms with Crippen LogP contribution in [0.5, 0.6) is 0 Å². The number of aromatic nitrogens is 5. The Balaban J connectivity index is 2.03. The van der Waals surface area contributed by atoms with Crippen molar-refractivity contribution in [1.82, 2.24) is 25.2 Å². The standard InChI is InChI=1S/C12H9N5O2S/c1-17-12(14-15-16-17)20-10-6-5-7-8(11(18)19)3-2-4-9(7)13-10/h2-6H,1H3,(H,18,19). The lowest BCUT2D eigenvalue weighted by molar-refractivity contribution is 0.0699. The minimum atomic E-state index is -0.963. The van der Waals surface area contributed by atoms with E-state index in [1.165, 1.54) is 11.8 Å². The second-order valence-corrected chi connectivity index (χ2v) is 5.00. The highest BCUT2D eigenvalue weighted by atomic mass is 32.2. The third-order valence-corrected chi connectivity index (χ3v) is 3.68. The fourth-order valence-electron chi connectivity index (χ4n) is 1.78. The first-order valence-electron chi connectivity index (χ1n) is 5.68. The molecular formula is C12H9N5O2S. The third kappa shape index (κ3) is 2.21. The van der Waals surface area contributed by atoms with Gasteiger partial charge in [0.1, 0.15) is 5.03 Å². The molecule has 0 aliphatic heterocycles. The maximum Gasteiger partial charge on any atom is 0.336 e. The zero-order valence-corrected chi connectivity index (χ0v) is 11.2. The zero-order valence-electron chi connectivity index (χ0n) is 10.4. The van der Waals surface area contributed by atoms with Crippen molar-refractivity contribution in [3.05, 3.63) is 35.9 Å². The van der Waals surface area contributed by atoms with Gasteiger partial charge in [-0.2, -0.15) is 0 Å². The smallest absolute Gasteiger partial charge is 0.336 e. The van der Waals surface area contributed by atoms with Gasteiger partial charge in [0.15, 0.2) is 0 Å². The number of aryl methyl sites for hydroxylation is 1. The summed E-state index contributed by atoms with van der Waals surface area (Å²) in [5, 5.41) is 22.2. The van der Waals surface area contributed by atoms with E-state index >= 15 is 0 Å². The largest absolute Gasteiger partial charge is 0.478 e. The van der Waals surface area contributed by atoms with E-state index in [9.17, 15) is 4.79 Å². The molecule has 2 aromatic heterocycles. The van der Waals surface area contributed by atoms with E-state index in [2.05, 4.69) is 20.5 Å². The van der Waals surface area contributed by atoms with Crippen molar-refractivity contribution in [3.63, 3.8) is 0 Å². The number of nitrogens with zero attached hydrogens (tertiary/aromatic N) is 5. The maximum absolute atomic E-state index is 11.1. The second kappa shape index (κ2) is 4.89. The van der Waals surface area contributed by atoms with Crippen molar-refractivity contribution in [3.8, 4) is 0 Å². The number of fused-ring (bicyclic) bond motifs is 1. The van der Waals surface area contributed by atoms with Gasteiger partial charge in [0, 0.05) is 12.4 Å². The van der Waals surface area contributed by atoms with Gasteiger partial charge >= 0.3 is 5.97 Å². The molecule has 0 amide bonds. The quantitative estimate of drug-likeness (QED) is 0.782. The highest BCUT2D eigenvalue weighted by Crippen LogP contribution is 2.26. The first kappa shape index (κ1) is 12.5. The van der Waals surface area contributed by atoms with Gasteiger partial charge in [-0.15, -0.1) is 5.10 Å². The summed E-state index contributed by atoms with van der Waals surface area (Å²) in [5.41, 5.74) is 0.872. The number of pyridine rings is 1. The van der Waals surface area contributed by atoms with Crippen LogP contribution in [0, 0.1) is 0 Å². The molecule has 0 bridgehead atoms. The molecular weight excluding hydrogens is 278 g/mol. The topological polar surface area (TPSA) is 93.8 Å². The molecule has 0 saturated carbocycles. The van der Waals surface area contributed by atoms with Crippen LogP contribution in [0.15, 0.2) is 40.5 Å². The van der Waals surface area contributed by atoms with Crippen LogP contribution < -0.4 is 0 Å². The second-order valence-electron chi connectivity index (χ2n) is 4.01. The Morgan fingerprint density at radius 3 is 2.85 bits per heavy atom. The normalized spacial score (nSPS) is 10.8. The van der Waals surface area contributed by atoms with Gasteiger partial charge < -0.3 is 5.11 Å². The van der Waals surface area contributed by atoms with Crippen molar-refractivity contribution in [2.45, 2.75) is 10.2 Å². The fraction of sp³-hybridized carbons (Fsp3) is 0.0833. The van der Waals surface area contributed by atoms with Crippen LogP contribution in [0.1, 0.15) is 10.4 Å². The molecule has 0 atom stereocenters. The van der Waals surface area contributed by atoms with Crippen LogP contribution in [0.3, 0.4) is 0 Å². The summed E-state index contributed by atoms with van der Waals surface area (Å²) in [6, 6.07) is 8.52. The molecule has 0 saturated heterocycles. The van der Waals surface area contributed by atoms with E-state index in [4.69, 9.17) is 5.11 Å². The minimum absolute atomic E-state index is 0.242. The van der Waals surface area contributed by atoms with Crippen LogP contribution in [-0.4, -0.2) is 36.3 Å². The molecule has 0 radical (unpaired) electrons. The van der Waals surface area contributed by atoms with Gasteiger partial charge in [-0.3, -0.25) is 0 Å². The Morgan fingerprint density at radius 1 is 1.30 bits per heavy atom. The lowest BCUT2D eigenvalue weighted by Crippen LogP contribution is -1.98. The van der Waals surface area contributed by atoms with Crippen LogP contribution in [-0.2, 0) is 7.05 Å². The predicted molar refractivity (Wildman–Crippen MR) is 71.6 cm³/mol. The molecule has 100 valence electrons. The molecule has 0 aliphatic rings. The molecule has 3 aromatic rings. The van der Waals surface area contributed by atoms with E-state index in [1.54, 1.807) is 42.1 Å². The van der Waals surface area contributed by atoms with Gasteiger partial charge in [-0.1, -0.05) is 6.07 Å². The number of hydrogen-bond donors (Lipinski definition) is 1. The lowest BCUT2D eigenvalue weighted by Gasteiger charge is -2.04. The number of tetrazole rings is 1. The average molecular weight is 287 g/mol. The number of aromatic carboxylic acids is 1. The van der Waals surface area contributed by atoms with Crippen molar-refractivity contribution < 1.29 is 9.90 Å². The Hall–Kier alpha value is -2.48. The highest BCUT2D eigenvalue weighted by molar-refractivity contribution is 7.99. The maximum atomic E-state index is 11.1. The van der Waals surface area contributed by atoms with Gasteiger partial charge in [0.05, 0.1) is 11.1 Å². The number of carbonyl (C=O) groups is 1. The molecule has 1 aromatic carbocycles. The number of carboxylic acid groups (broad SMARTS) is 1. The van der Waals surface area contributed by atoms with Gasteiger partial charge in [0.25, 0.3) is 0 Å². The van der Waals surface area contributed by atoms with E-state index in [0.29, 0.717) is 21.1 Å². The molecule has 3 rings (SSSR count). The number of hydrogen-bond acceptors (Lipinski definition) is 6. The van der Waals surface area contributed by atoms with Crippen molar-refractivity contribution in [2.24, 2.45) is 7.05 Å². The predicted octanol–water partition coefficient (Wildman–Crippen LogP) is 1.61. The monoisotopic (exact) mass is 287 g/mol. The number of benzene rings is 1. The molecule has 20 heavy (non-hydrogen) atoms. The summed E-state index contributed by atoms with van der Waals surface area (Å²) in [6.07, 6.45) is 0. The first-order chi connectivity index (χ1) is 9.65. The van der Waals surface area contributed by atoms with Crippen molar-refractivity contribution >= 4 is 28.6 Å². The van der Waals surface area contributed by atoms with Crippen LogP contribution >= 0.6 is 11.8 Å². The summed E-state index contributed by atoms with van der Waals surface area (Å²) < 4.78 is 1.55. The molecule has 7 nitrogen and oxygen atoms in total. The SMILES string of the molecule is Cn1nnnc1Sc1ccc2c(C(=O)O)cccc2n1. The highest BCUT2D eigenvalue weighted by Gasteiger charge is 2.11. The first-order valence-corrected chi connectivity index (χ1v) is 6.50. The van der Waals surface area contributed by atoms with E-state index in [-0.39, 0.29) is 5.56 Å². The summed E-state index contributed by atoms with van der Waals surface area (Å²) in [5.74, 6) is -0.963. The lowest BCUT2D eigenvalue weighted by atomic mass is 10.1. The summed E-state index contributed by atoms with van der Waals surface area (Å²) in [7, 11) is 1.74. The van der Waals surface area contributed by atoms with E-state index in [0.717, 1.165) is 0 Å². The van der Waals surface area contributed by atoms with Crippen molar-refractivity contribution in [2.75, 3.05) is 0 Å². The van der Waals surface area contributed by atoms with Crippen LogP contribution in [0.4, 0.5) is 0 Å². The molecule has 0 spiro atoms. The molecule has 2 heterocycles. The summed E-state index contributed by atoms with van der Waals surface area (Å²) in [4.78, 5) is 15.6. The summed E-state index contributed by atoms with van der Waals surface area (Å²) >= 11 is 1.32. The van der Waals surface area contributed by atoms with E-state index in [1.807, 2.05) is 0 Å². The number of rotatable bonds is 3. The average Bonchev–Trinajstić information content (AvgIpc) is 2.83. The van der Waals surface area contributed by atoms with Crippen molar-refractivity contribution in [1.29, 1.82) is 0 Å². The molecule has 0 aliphatic carbocycles. The molecule has 8 heteroatoms. The fourth-order valence-corrected chi connectivity index (χ4v) is 2.49. The zero-order chi connectivity index (χ0) is 14.1. The third-order valence-electron chi connectivity index (χ3n) is 2.71. The molecule has 0 fully saturated rings. The van der Waals surface area contributed by atoms with Gasteiger partial charge in [0.2, 0.25) is 5.16 Å². The minimum Gasteiger partial charge on any atom is -0.478 e. The van der Waals surface area contributed by atoms with Gasteiger partial charge in [-0.25, -0.2) is 14.5 Å². The van der Waals surface area contributed by atoms with Gasteiger partial charge in [-0.05, 0) is 46.5 Å². The Kier molecular flexibility index (Phi) is 3.07. The Labute approximate surface area is 117 Å². The number of carboxylic acids is 1. The summed E-state index contributed by atoms with van der Waals surface area (Å²) in [6.45, 7) is 0.